The molecule has 0 aliphatic carbocycles. The maximum Gasteiger partial charge on any atom is 0.472 e. The Morgan fingerprint density at radius 3 is 2.24 bits per heavy atom. The van der Waals surface area contributed by atoms with Gasteiger partial charge in [0.1, 0.15) is 17.5 Å². The van der Waals surface area contributed by atoms with Crippen LogP contribution in [0.5, 0.6) is 11.5 Å². The Morgan fingerprint density at radius 1 is 0.865 bits per heavy atom. The zero-order chi connectivity index (χ0) is 26.9. The van der Waals surface area contributed by atoms with E-state index in [1.807, 2.05) is 54.6 Å². The van der Waals surface area contributed by atoms with E-state index in [2.05, 4.69) is 9.05 Å². The predicted molar refractivity (Wildman–Crippen MR) is 134 cm³/mol. The molecule has 0 heterocycles. The number of carboxylic acid groups (broad SMARTS) is 1. The number of carbonyl (C=O) groups is 2. The molecule has 0 amide bonds. The molecule has 1 unspecified atom stereocenters. The van der Waals surface area contributed by atoms with Crippen molar-refractivity contribution < 1.29 is 47.4 Å². The number of aryl methyl sites for hydroxylation is 1. The van der Waals surface area contributed by atoms with Crippen LogP contribution < -0.4 is 15.2 Å². The van der Waals surface area contributed by atoms with Crippen molar-refractivity contribution in [2.24, 2.45) is 5.73 Å². The smallest absolute Gasteiger partial charge is 0.472 e. The number of carbonyl (C=O) groups excluding carboxylic acids is 1. The van der Waals surface area contributed by atoms with Crippen LogP contribution in [-0.2, 0) is 34.4 Å². The number of hydrogen-bond donors (Lipinski definition) is 3. The Bertz CT molecular complexity index is 1000. The highest BCUT2D eigenvalue weighted by molar-refractivity contribution is 7.47. The van der Waals surface area contributed by atoms with Crippen LogP contribution >= 0.6 is 7.82 Å². The van der Waals surface area contributed by atoms with E-state index in [1.165, 1.54) is 0 Å². The van der Waals surface area contributed by atoms with Crippen molar-refractivity contribution >= 4 is 19.8 Å². The molecule has 0 radical (unpaired) electrons. The second kappa shape index (κ2) is 16.7. The lowest BCUT2D eigenvalue weighted by molar-refractivity contribution is -0.143. The molecule has 37 heavy (non-hydrogen) atoms. The molecule has 2 atom stereocenters. The van der Waals surface area contributed by atoms with Gasteiger partial charge in [-0.3, -0.25) is 18.6 Å². The summed E-state index contributed by atoms with van der Waals surface area (Å²) in [7, 11) is -4.44. The second-order valence-electron chi connectivity index (χ2n) is 7.98. The maximum absolute atomic E-state index is 12.0. The fourth-order valence-electron chi connectivity index (χ4n) is 2.92. The number of para-hydroxylation sites is 1. The molecule has 2 aromatic rings. The summed E-state index contributed by atoms with van der Waals surface area (Å²) in [5, 5.41) is 8.62. The molecular weight excluding hydrogens is 505 g/mol. The summed E-state index contributed by atoms with van der Waals surface area (Å²) in [5.74, 6) is -0.205. The molecule has 2 rings (SSSR count). The van der Waals surface area contributed by atoms with Crippen LogP contribution in [0, 0.1) is 0 Å². The van der Waals surface area contributed by atoms with Crippen LogP contribution in [0.25, 0.3) is 0 Å². The first-order valence-corrected chi connectivity index (χ1v) is 13.4. The SMILES string of the molecule is N[C@@H](COP(=O)(O)OCCCOC(=O)CCc1cccc(OCCCCOc2ccccc2)c1)C(=O)O. The van der Waals surface area contributed by atoms with Gasteiger partial charge >= 0.3 is 19.8 Å². The zero-order valence-corrected chi connectivity index (χ0v) is 21.4. The number of carboxylic acids is 1. The minimum atomic E-state index is -4.44. The van der Waals surface area contributed by atoms with Crippen molar-refractivity contribution in [3.8, 4) is 11.5 Å². The van der Waals surface area contributed by atoms with Crippen LogP contribution in [0.4, 0.5) is 0 Å². The van der Waals surface area contributed by atoms with E-state index in [0.29, 0.717) is 19.6 Å². The number of aliphatic carboxylic acids is 1. The molecule has 0 bridgehead atoms. The van der Waals surface area contributed by atoms with E-state index >= 15 is 0 Å². The van der Waals surface area contributed by atoms with Gasteiger partial charge in [0.2, 0.25) is 0 Å². The molecule has 0 spiro atoms. The van der Waals surface area contributed by atoms with Crippen molar-refractivity contribution in [3.63, 3.8) is 0 Å². The van der Waals surface area contributed by atoms with Gasteiger partial charge in [-0.15, -0.1) is 0 Å². The van der Waals surface area contributed by atoms with Gasteiger partial charge in [0.25, 0.3) is 0 Å². The average Bonchev–Trinajstić information content (AvgIpc) is 2.88. The largest absolute Gasteiger partial charge is 0.494 e. The fraction of sp³-hybridized carbons (Fsp3) is 0.440. The van der Waals surface area contributed by atoms with Gasteiger partial charge in [-0.05, 0) is 49.1 Å². The highest BCUT2D eigenvalue weighted by Gasteiger charge is 2.24. The summed E-state index contributed by atoms with van der Waals surface area (Å²) >= 11 is 0. The van der Waals surface area contributed by atoms with E-state index in [-0.39, 0.29) is 26.1 Å². The number of rotatable bonds is 19. The lowest BCUT2D eigenvalue weighted by Crippen LogP contribution is -2.34. The number of phosphoric acid groups is 1. The Kier molecular flexibility index (Phi) is 13.7. The predicted octanol–water partition coefficient (Wildman–Crippen LogP) is 3.34. The minimum Gasteiger partial charge on any atom is -0.494 e. The fourth-order valence-corrected chi connectivity index (χ4v) is 3.70. The van der Waals surface area contributed by atoms with E-state index in [4.69, 9.17) is 25.1 Å². The van der Waals surface area contributed by atoms with Crippen molar-refractivity contribution in [3.05, 3.63) is 60.2 Å². The number of esters is 1. The Morgan fingerprint density at radius 2 is 1.54 bits per heavy atom. The van der Waals surface area contributed by atoms with Crippen LogP contribution in [0.1, 0.15) is 31.2 Å². The first kappa shape index (κ1) is 30.3. The molecule has 4 N–H and O–H groups in total. The van der Waals surface area contributed by atoms with Gasteiger partial charge in [-0.2, -0.15) is 0 Å². The van der Waals surface area contributed by atoms with Crippen LogP contribution in [0.3, 0.4) is 0 Å². The molecule has 2 aromatic carbocycles. The third kappa shape index (κ3) is 13.8. The Balaban J connectivity index is 1.54. The third-order valence-electron chi connectivity index (χ3n) is 4.88. The molecule has 0 aromatic heterocycles. The molecule has 12 heteroatoms. The van der Waals surface area contributed by atoms with Crippen LogP contribution in [-0.4, -0.2) is 61.0 Å². The molecule has 0 fully saturated rings. The van der Waals surface area contributed by atoms with Crippen LogP contribution in [0.15, 0.2) is 54.6 Å². The molecular formula is C25H34NO10P. The second-order valence-corrected chi connectivity index (χ2v) is 9.43. The van der Waals surface area contributed by atoms with Gasteiger partial charge < -0.3 is 29.9 Å². The Hall–Kier alpha value is -2.95. The Labute approximate surface area is 216 Å². The number of hydrogen-bond acceptors (Lipinski definition) is 9. The quantitative estimate of drug-likeness (QED) is 0.136. The lowest BCUT2D eigenvalue weighted by Gasteiger charge is -2.13. The van der Waals surface area contributed by atoms with Crippen LogP contribution in [0.2, 0.25) is 0 Å². The van der Waals surface area contributed by atoms with Crippen molar-refractivity contribution in [2.75, 3.05) is 33.0 Å². The minimum absolute atomic E-state index is 0.00931. The molecule has 11 nitrogen and oxygen atoms in total. The molecule has 0 aliphatic heterocycles. The monoisotopic (exact) mass is 539 g/mol. The molecule has 0 saturated heterocycles. The zero-order valence-electron chi connectivity index (χ0n) is 20.5. The topological polar surface area (TPSA) is 164 Å². The molecule has 0 aliphatic rings. The summed E-state index contributed by atoms with van der Waals surface area (Å²) in [6.07, 6.45) is 2.51. The van der Waals surface area contributed by atoms with Crippen molar-refractivity contribution in [2.45, 2.75) is 38.1 Å². The highest BCUT2D eigenvalue weighted by atomic mass is 31.2. The first-order chi connectivity index (χ1) is 17.7. The van der Waals surface area contributed by atoms with E-state index in [0.717, 1.165) is 29.9 Å². The average molecular weight is 540 g/mol. The van der Waals surface area contributed by atoms with E-state index in [1.54, 1.807) is 0 Å². The maximum atomic E-state index is 12.0. The molecule has 0 saturated carbocycles. The number of unbranched alkanes of at least 4 members (excludes halogenated alkanes) is 1. The summed E-state index contributed by atoms with van der Waals surface area (Å²) < 4.78 is 37.4. The lowest BCUT2D eigenvalue weighted by atomic mass is 10.1. The summed E-state index contributed by atoms with van der Waals surface area (Å²) in [4.78, 5) is 32.0. The standard InChI is InChI=1S/C25H34NO10P/c26-23(25(28)29)19-36-37(30,31)35-17-7-16-34-24(27)13-12-20-8-6-11-22(18-20)33-15-5-4-14-32-21-9-2-1-3-10-21/h1-3,6,8-11,18,23H,4-5,7,12-17,19,26H2,(H,28,29)(H,30,31)/t23-/m0/s1. The number of ether oxygens (including phenoxy) is 3. The normalized spacial score (nSPS) is 13.4. The number of benzene rings is 2. The molecule has 204 valence electrons. The van der Waals surface area contributed by atoms with Gasteiger partial charge in [0.05, 0.1) is 33.0 Å². The first-order valence-electron chi connectivity index (χ1n) is 11.9. The highest BCUT2D eigenvalue weighted by Crippen LogP contribution is 2.43. The van der Waals surface area contributed by atoms with Crippen molar-refractivity contribution in [1.29, 1.82) is 0 Å². The summed E-state index contributed by atoms with van der Waals surface area (Å²) in [6.45, 7) is 0.278. The van der Waals surface area contributed by atoms with Crippen molar-refractivity contribution in [1.82, 2.24) is 0 Å². The van der Waals surface area contributed by atoms with Gasteiger partial charge in [-0.1, -0.05) is 30.3 Å². The number of phosphoric ester groups is 1. The van der Waals surface area contributed by atoms with E-state index in [9.17, 15) is 19.0 Å². The van der Waals surface area contributed by atoms with Gasteiger partial charge in [-0.25, -0.2) is 4.57 Å². The van der Waals surface area contributed by atoms with E-state index < -0.39 is 32.4 Å². The van der Waals surface area contributed by atoms with Gasteiger partial charge in [0.15, 0.2) is 0 Å². The summed E-state index contributed by atoms with van der Waals surface area (Å²) in [5.41, 5.74) is 6.12. The summed E-state index contributed by atoms with van der Waals surface area (Å²) in [6, 6.07) is 15.7. The van der Waals surface area contributed by atoms with Gasteiger partial charge in [0, 0.05) is 12.8 Å². The number of nitrogens with two attached hydrogens (primary N) is 1. The third-order valence-corrected chi connectivity index (χ3v) is 5.86.